The van der Waals surface area contributed by atoms with Gasteiger partial charge in [0.1, 0.15) is 5.15 Å². The van der Waals surface area contributed by atoms with Crippen molar-refractivity contribution in [2.24, 2.45) is 0 Å². The number of hydrogen-bond donors (Lipinski definition) is 0. The van der Waals surface area contributed by atoms with Crippen LogP contribution in [0.3, 0.4) is 0 Å². The van der Waals surface area contributed by atoms with Crippen molar-refractivity contribution in [3.63, 3.8) is 0 Å². The molecule has 0 bridgehead atoms. The first-order valence-electron chi connectivity index (χ1n) is 3.08. The summed E-state index contributed by atoms with van der Waals surface area (Å²) in [5.74, 6) is 0. The van der Waals surface area contributed by atoms with E-state index in [2.05, 4.69) is 4.98 Å². The van der Waals surface area contributed by atoms with Gasteiger partial charge in [0.25, 0.3) is 5.56 Å². The Labute approximate surface area is 73.6 Å². The fourth-order valence-corrected chi connectivity index (χ4v) is 1.25. The zero-order chi connectivity index (χ0) is 8.43. The summed E-state index contributed by atoms with van der Waals surface area (Å²) in [7, 11) is 0. The molecule has 0 amide bonds. The lowest BCUT2D eigenvalue weighted by molar-refractivity contribution is 0.708. The van der Waals surface area contributed by atoms with Crippen LogP contribution in [0.25, 0.3) is 0 Å². The molecule has 0 fully saturated rings. The van der Waals surface area contributed by atoms with Crippen LogP contribution in [-0.2, 0) is 6.54 Å². The average Bonchev–Trinajstić information content (AvgIpc) is 1.85. The second-order valence-corrected chi connectivity index (χ2v) is 2.66. The summed E-state index contributed by atoms with van der Waals surface area (Å²) in [6.45, 7) is 2.31. The molecule has 1 aromatic rings. The van der Waals surface area contributed by atoms with Crippen LogP contribution in [0.5, 0.6) is 0 Å². The number of hydrogen-bond acceptors (Lipinski definition) is 2. The molecule has 11 heavy (non-hydrogen) atoms. The molecule has 0 aliphatic rings. The van der Waals surface area contributed by atoms with E-state index in [1.165, 1.54) is 10.6 Å². The maximum atomic E-state index is 11.0. The van der Waals surface area contributed by atoms with Gasteiger partial charge < -0.3 is 0 Å². The molecule has 0 atom stereocenters. The molecule has 0 saturated heterocycles. The summed E-state index contributed by atoms with van der Waals surface area (Å²) >= 11 is 11.1. The molecule has 0 unspecified atom stereocenters. The summed E-state index contributed by atoms with van der Waals surface area (Å²) < 4.78 is 1.33. The molecule has 5 heteroatoms. The van der Waals surface area contributed by atoms with Crippen LogP contribution in [0.15, 0.2) is 10.9 Å². The van der Waals surface area contributed by atoms with E-state index in [0.717, 1.165) is 0 Å². The minimum atomic E-state index is -0.225. The Kier molecular flexibility index (Phi) is 2.52. The first-order valence-corrected chi connectivity index (χ1v) is 3.83. The molecule has 0 radical (unpaired) electrons. The van der Waals surface area contributed by atoms with Gasteiger partial charge in [-0.3, -0.25) is 9.36 Å². The van der Waals surface area contributed by atoms with Gasteiger partial charge >= 0.3 is 0 Å². The van der Waals surface area contributed by atoms with Crippen LogP contribution in [-0.4, -0.2) is 9.55 Å². The Hall–Kier alpha value is -0.540. The van der Waals surface area contributed by atoms with Crippen molar-refractivity contribution in [1.29, 1.82) is 0 Å². The van der Waals surface area contributed by atoms with Crippen molar-refractivity contribution in [2.45, 2.75) is 13.5 Å². The fraction of sp³-hybridized carbons (Fsp3) is 0.333. The zero-order valence-electron chi connectivity index (χ0n) is 5.84. The largest absolute Gasteiger partial charge is 0.284 e. The van der Waals surface area contributed by atoms with E-state index in [0.29, 0.717) is 6.54 Å². The number of nitrogens with zero attached hydrogens (tertiary/aromatic N) is 2. The minimum absolute atomic E-state index is 0.129. The van der Waals surface area contributed by atoms with E-state index >= 15 is 0 Å². The minimum Gasteiger partial charge on any atom is -0.284 e. The molecule has 1 rings (SSSR count). The summed E-state index contributed by atoms with van der Waals surface area (Å²) in [5.41, 5.74) is -0.225. The van der Waals surface area contributed by atoms with Gasteiger partial charge in [-0.2, -0.15) is 0 Å². The van der Waals surface area contributed by atoms with Crippen molar-refractivity contribution in [2.75, 3.05) is 0 Å². The fourth-order valence-electron chi connectivity index (χ4n) is 0.738. The van der Waals surface area contributed by atoms with Crippen LogP contribution in [0.1, 0.15) is 6.92 Å². The number of rotatable bonds is 1. The highest BCUT2D eigenvalue weighted by Gasteiger charge is 2.01. The van der Waals surface area contributed by atoms with E-state index in [1.807, 2.05) is 6.92 Å². The lowest BCUT2D eigenvalue weighted by Gasteiger charge is -2.02. The van der Waals surface area contributed by atoms with Crippen LogP contribution < -0.4 is 5.56 Å². The average molecular weight is 193 g/mol. The second-order valence-electron chi connectivity index (χ2n) is 1.93. The van der Waals surface area contributed by atoms with Gasteiger partial charge in [-0.1, -0.05) is 11.6 Å². The SMILES string of the molecule is CCn1c(Cl)nc(Cl)cc1=O. The normalized spacial score (nSPS) is 10.1. The van der Waals surface area contributed by atoms with E-state index in [9.17, 15) is 4.79 Å². The molecule has 0 saturated carbocycles. The summed E-state index contributed by atoms with van der Waals surface area (Å²) in [4.78, 5) is 14.7. The molecule has 1 aromatic heterocycles. The lowest BCUT2D eigenvalue weighted by atomic mass is 10.6. The molecule has 0 N–H and O–H groups in total. The quantitative estimate of drug-likeness (QED) is 0.501. The van der Waals surface area contributed by atoms with Crippen molar-refractivity contribution >= 4 is 23.2 Å². The first-order chi connectivity index (χ1) is 5.15. The highest BCUT2D eigenvalue weighted by atomic mass is 35.5. The van der Waals surface area contributed by atoms with Crippen molar-refractivity contribution in [3.8, 4) is 0 Å². The van der Waals surface area contributed by atoms with Crippen molar-refractivity contribution in [3.05, 3.63) is 26.9 Å². The third kappa shape index (κ3) is 1.73. The third-order valence-electron chi connectivity index (χ3n) is 1.25. The smallest absolute Gasteiger partial charge is 0.255 e. The Morgan fingerprint density at radius 3 is 2.73 bits per heavy atom. The predicted molar refractivity (Wildman–Crippen MR) is 44.2 cm³/mol. The molecular weight excluding hydrogens is 187 g/mol. The molecule has 0 spiro atoms. The Morgan fingerprint density at radius 1 is 1.64 bits per heavy atom. The van der Waals surface area contributed by atoms with Gasteiger partial charge in [0.05, 0.1) is 0 Å². The van der Waals surface area contributed by atoms with E-state index in [-0.39, 0.29) is 16.0 Å². The van der Waals surface area contributed by atoms with E-state index in [4.69, 9.17) is 23.2 Å². The Balaban J connectivity index is 3.37. The molecule has 60 valence electrons. The molecule has 1 heterocycles. The van der Waals surface area contributed by atoms with Gasteiger partial charge in [0.2, 0.25) is 5.28 Å². The topological polar surface area (TPSA) is 34.9 Å². The molecule has 0 aliphatic heterocycles. The maximum Gasteiger partial charge on any atom is 0.255 e. The molecule has 3 nitrogen and oxygen atoms in total. The number of halogens is 2. The van der Waals surface area contributed by atoms with Gasteiger partial charge in [-0.15, -0.1) is 0 Å². The Morgan fingerprint density at radius 2 is 2.27 bits per heavy atom. The highest BCUT2D eigenvalue weighted by Crippen LogP contribution is 2.06. The van der Waals surface area contributed by atoms with Crippen LogP contribution in [0.4, 0.5) is 0 Å². The van der Waals surface area contributed by atoms with E-state index < -0.39 is 0 Å². The molecular formula is C6H6Cl2N2O. The van der Waals surface area contributed by atoms with Gasteiger partial charge in [-0.05, 0) is 18.5 Å². The molecule has 0 aromatic carbocycles. The van der Waals surface area contributed by atoms with Gasteiger partial charge in [0.15, 0.2) is 0 Å². The van der Waals surface area contributed by atoms with Crippen LogP contribution >= 0.6 is 23.2 Å². The van der Waals surface area contributed by atoms with Gasteiger partial charge in [0, 0.05) is 12.6 Å². The summed E-state index contributed by atoms with van der Waals surface area (Å²) in [6, 6.07) is 1.23. The first kappa shape index (κ1) is 8.56. The van der Waals surface area contributed by atoms with Crippen LogP contribution in [0.2, 0.25) is 10.4 Å². The van der Waals surface area contributed by atoms with E-state index in [1.54, 1.807) is 0 Å². The number of aromatic nitrogens is 2. The summed E-state index contributed by atoms with van der Waals surface area (Å²) in [6.07, 6.45) is 0. The van der Waals surface area contributed by atoms with Crippen molar-refractivity contribution in [1.82, 2.24) is 9.55 Å². The standard InChI is InChI=1S/C6H6Cl2N2O/c1-2-10-5(11)3-4(7)9-6(10)8/h3H,2H2,1H3. The van der Waals surface area contributed by atoms with Crippen molar-refractivity contribution < 1.29 is 0 Å². The van der Waals surface area contributed by atoms with Gasteiger partial charge in [-0.25, -0.2) is 4.98 Å². The monoisotopic (exact) mass is 192 g/mol. The van der Waals surface area contributed by atoms with Crippen LogP contribution in [0, 0.1) is 0 Å². The Bertz CT molecular complexity index is 321. The third-order valence-corrected chi connectivity index (χ3v) is 1.73. The second kappa shape index (κ2) is 3.24. The maximum absolute atomic E-state index is 11.0. The zero-order valence-corrected chi connectivity index (χ0v) is 7.35. The molecule has 0 aliphatic carbocycles. The predicted octanol–water partition coefficient (Wildman–Crippen LogP) is 1.57. The summed E-state index contributed by atoms with van der Waals surface area (Å²) in [5, 5.41) is 0.259. The highest BCUT2D eigenvalue weighted by molar-refractivity contribution is 6.31. The lowest BCUT2D eigenvalue weighted by Crippen LogP contribution is -2.19.